The normalized spacial score (nSPS) is 11.4. The summed E-state index contributed by atoms with van der Waals surface area (Å²) in [6.07, 6.45) is 2.31. The van der Waals surface area contributed by atoms with E-state index in [4.69, 9.17) is 5.11 Å². The molecule has 20 heavy (non-hydrogen) atoms. The molecule has 1 rings (SSSR count). The molecule has 0 aromatic heterocycles. The highest BCUT2D eigenvalue weighted by Crippen LogP contribution is 2.12. The zero-order valence-electron chi connectivity index (χ0n) is 11.6. The number of nitrogens with one attached hydrogen (secondary N) is 2. The highest BCUT2D eigenvalue weighted by Gasteiger charge is 2.07. The summed E-state index contributed by atoms with van der Waals surface area (Å²) in [5, 5.41) is 14.5. The number of carboxylic acid groups (broad SMARTS) is 1. The number of carbonyl (C=O) groups excluding carboxylic acids is 1. The SMILES string of the molecule is C=CCNC(=O)c1ccc(NC(C)CCC(=O)O)cc1. The lowest BCUT2D eigenvalue weighted by Gasteiger charge is -2.14. The summed E-state index contributed by atoms with van der Waals surface area (Å²) in [5.41, 5.74) is 1.44. The van der Waals surface area contributed by atoms with Gasteiger partial charge in [0, 0.05) is 30.3 Å². The third kappa shape index (κ3) is 5.56. The second kappa shape index (κ2) is 7.99. The molecular formula is C15H20N2O3. The summed E-state index contributed by atoms with van der Waals surface area (Å²) >= 11 is 0. The van der Waals surface area contributed by atoms with Crippen molar-refractivity contribution in [2.75, 3.05) is 11.9 Å². The number of amides is 1. The number of anilines is 1. The number of hydrogen-bond acceptors (Lipinski definition) is 3. The molecule has 0 aliphatic heterocycles. The zero-order chi connectivity index (χ0) is 15.0. The molecule has 1 unspecified atom stereocenters. The standard InChI is InChI=1S/C15H20N2O3/c1-3-10-16-15(20)12-5-7-13(8-6-12)17-11(2)4-9-14(18)19/h3,5-8,11,17H,1,4,9-10H2,2H3,(H,16,20)(H,18,19). The minimum atomic E-state index is -0.798. The van der Waals surface area contributed by atoms with E-state index in [0.717, 1.165) is 5.69 Å². The second-order valence-corrected chi connectivity index (χ2v) is 4.55. The smallest absolute Gasteiger partial charge is 0.303 e. The van der Waals surface area contributed by atoms with Crippen molar-refractivity contribution in [3.05, 3.63) is 42.5 Å². The fraction of sp³-hybridized carbons (Fsp3) is 0.333. The van der Waals surface area contributed by atoms with Gasteiger partial charge in [-0.2, -0.15) is 0 Å². The maximum absolute atomic E-state index is 11.7. The van der Waals surface area contributed by atoms with Gasteiger partial charge in [-0.15, -0.1) is 6.58 Å². The van der Waals surface area contributed by atoms with Crippen molar-refractivity contribution in [3.8, 4) is 0 Å². The minimum Gasteiger partial charge on any atom is -0.481 e. The van der Waals surface area contributed by atoms with Gasteiger partial charge in [0.15, 0.2) is 0 Å². The van der Waals surface area contributed by atoms with Crippen molar-refractivity contribution >= 4 is 17.6 Å². The molecule has 5 heteroatoms. The first-order valence-corrected chi connectivity index (χ1v) is 6.50. The van der Waals surface area contributed by atoms with Crippen LogP contribution in [0.1, 0.15) is 30.1 Å². The van der Waals surface area contributed by atoms with E-state index in [1.54, 1.807) is 30.3 Å². The molecule has 0 saturated carbocycles. The molecule has 0 aliphatic rings. The van der Waals surface area contributed by atoms with E-state index in [9.17, 15) is 9.59 Å². The molecular weight excluding hydrogens is 256 g/mol. The maximum Gasteiger partial charge on any atom is 0.303 e. The van der Waals surface area contributed by atoms with E-state index in [-0.39, 0.29) is 18.4 Å². The van der Waals surface area contributed by atoms with Crippen LogP contribution in [0.3, 0.4) is 0 Å². The second-order valence-electron chi connectivity index (χ2n) is 4.55. The number of hydrogen-bond donors (Lipinski definition) is 3. The van der Waals surface area contributed by atoms with Gasteiger partial charge in [0.05, 0.1) is 0 Å². The number of carboxylic acids is 1. The van der Waals surface area contributed by atoms with E-state index < -0.39 is 5.97 Å². The highest BCUT2D eigenvalue weighted by atomic mass is 16.4. The lowest BCUT2D eigenvalue weighted by atomic mass is 10.1. The number of rotatable bonds is 8. The van der Waals surface area contributed by atoms with Crippen LogP contribution in [-0.4, -0.2) is 29.6 Å². The molecule has 1 aromatic rings. The average molecular weight is 276 g/mol. The van der Waals surface area contributed by atoms with Gasteiger partial charge in [-0.25, -0.2) is 0 Å². The first-order valence-electron chi connectivity index (χ1n) is 6.50. The monoisotopic (exact) mass is 276 g/mol. The van der Waals surface area contributed by atoms with E-state index >= 15 is 0 Å². The first-order chi connectivity index (χ1) is 9.52. The lowest BCUT2D eigenvalue weighted by Crippen LogP contribution is -2.23. The van der Waals surface area contributed by atoms with Gasteiger partial charge >= 0.3 is 5.97 Å². The van der Waals surface area contributed by atoms with Crippen molar-refractivity contribution in [3.63, 3.8) is 0 Å². The molecule has 0 saturated heterocycles. The molecule has 1 atom stereocenters. The summed E-state index contributed by atoms with van der Waals surface area (Å²) in [5.74, 6) is -0.941. The van der Waals surface area contributed by atoms with Crippen molar-refractivity contribution < 1.29 is 14.7 Å². The summed E-state index contributed by atoms with van der Waals surface area (Å²) in [6.45, 7) is 5.90. The van der Waals surface area contributed by atoms with Gasteiger partial charge in [0.25, 0.3) is 5.91 Å². The molecule has 0 heterocycles. The van der Waals surface area contributed by atoms with E-state index in [1.807, 2.05) is 6.92 Å². The number of benzene rings is 1. The summed E-state index contributed by atoms with van der Waals surface area (Å²) in [7, 11) is 0. The number of aliphatic carboxylic acids is 1. The van der Waals surface area contributed by atoms with Gasteiger partial charge in [-0.1, -0.05) is 6.08 Å². The van der Waals surface area contributed by atoms with Crippen LogP contribution in [0.5, 0.6) is 0 Å². The van der Waals surface area contributed by atoms with Crippen LogP contribution >= 0.6 is 0 Å². The Labute approximate surface area is 118 Å². The summed E-state index contributed by atoms with van der Waals surface area (Å²) in [4.78, 5) is 22.2. The number of carbonyl (C=O) groups is 2. The Morgan fingerprint density at radius 3 is 2.55 bits per heavy atom. The third-order valence-electron chi connectivity index (χ3n) is 2.76. The van der Waals surface area contributed by atoms with Crippen LogP contribution < -0.4 is 10.6 Å². The molecule has 0 aliphatic carbocycles. The largest absolute Gasteiger partial charge is 0.481 e. The molecule has 0 bridgehead atoms. The Morgan fingerprint density at radius 2 is 2.00 bits per heavy atom. The van der Waals surface area contributed by atoms with Crippen molar-refractivity contribution in [2.45, 2.75) is 25.8 Å². The average Bonchev–Trinajstić information content (AvgIpc) is 2.43. The lowest BCUT2D eigenvalue weighted by molar-refractivity contribution is -0.137. The van der Waals surface area contributed by atoms with E-state index in [0.29, 0.717) is 18.5 Å². The highest BCUT2D eigenvalue weighted by molar-refractivity contribution is 5.94. The molecule has 1 amide bonds. The molecule has 108 valence electrons. The Kier molecular flexibility index (Phi) is 6.29. The van der Waals surface area contributed by atoms with Gasteiger partial charge in [0.2, 0.25) is 0 Å². The Hall–Kier alpha value is -2.30. The van der Waals surface area contributed by atoms with Crippen LogP contribution in [0.2, 0.25) is 0 Å². The van der Waals surface area contributed by atoms with Gasteiger partial charge in [-0.3, -0.25) is 9.59 Å². The van der Waals surface area contributed by atoms with Gasteiger partial charge in [0.1, 0.15) is 0 Å². The topological polar surface area (TPSA) is 78.4 Å². The molecule has 0 fully saturated rings. The van der Waals surface area contributed by atoms with Crippen LogP contribution in [0.4, 0.5) is 5.69 Å². The van der Waals surface area contributed by atoms with Crippen molar-refractivity contribution in [1.82, 2.24) is 5.32 Å². The molecule has 3 N–H and O–H groups in total. The zero-order valence-corrected chi connectivity index (χ0v) is 11.6. The van der Waals surface area contributed by atoms with Crippen LogP contribution in [0, 0.1) is 0 Å². The van der Waals surface area contributed by atoms with Gasteiger partial charge in [-0.05, 0) is 37.6 Å². The maximum atomic E-state index is 11.7. The van der Waals surface area contributed by atoms with Crippen LogP contribution in [0.25, 0.3) is 0 Å². The fourth-order valence-electron chi connectivity index (χ4n) is 1.68. The Bertz CT molecular complexity index is 469. The molecule has 5 nitrogen and oxygen atoms in total. The molecule has 0 radical (unpaired) electrons. The third-order valence-corrected chi connectivity index (χ3v) is 2.76. The quantitative estimate of drug-likeness (QED) is 0.636. The summed E-state index contributed by atoms with van der Waals surface area (Å²) in [6, 6.07) is 7.13. The molecule has 0 spiro atoms. The van der Waals surface area contributed by atoms with Gasteiger partial charge < -0.3 is 15.7 Å². The van der Waals surface area contributed by atoms with Crippen molar-refractivity contribution in [1.29, 1.82) is 0 Å². The molecule has 1 aromatic carbocycles. The van der Waals surface area contributed by atoms with E-state index in [2.05, 4.69) is 17.2 Å². The Morgan fingerprint density at radius 1 is 1.35 bits per heavy atom. The predicted molar refractivity (Wildman–Crippen MR) is 78.9 cm³/mol. The Balaban J connectivity index is 2.51. The summed E-state index contributed by atoms with van der Waals surface area (Å²) < 4.78 is 0. The van der Waals surface area contributed by atoms with Crippen molar-refractivity contribution in [2.24, 2.45) is 0 Å². The van der Waals surface area contributed by atoms with Crippen LogP contribution in [0.15, 0.2) is 36.9 Å². The van der Waals surface area contributed by atoms with E-state index in [1.165, 1.54) is 0 Å². The first kappa shape index (κ1) is 15.8. The van der Waals surface area contributed by atoms with Crippen LogP contribution in [-0.2, 0) is 4.79 Å². The minimum absolute atomic E-state index is 0.0616. The fourth-order valence-corrected chi connectivity index (χ4v) is 1.68. The predicted octanol–water partition coefficient (Wildman–Crippen LogP) is 2.27.